The van der Waals surface area contributed by atoms with Gasteiger partial charge >= 0.3 is 25.8 Å². The van der Waals surface area contributed by atoms with Crippen LogP contribution in [-0.4, -0.2) is 42.3 Å². The summed E-state index contributed by atoms with van der Waals surface area (Å²) < 4.78 is 0. The van der Waals surface area contributed by atoms with Gasteiger partial charge in [-0.2, -0.15) is 65.0 Å². The van der Waals surface area contributed by atoms with E-state index in [1.54, 1.807) is 53.4 Å². The second kappa shape index (κ2) is 21.1. The van der Waals surface area contributed by atoms with Crippen molar-refractivity contribution in [3.8, 4) is 0 Å². The van der Waals surface area contributed by atoms with Crippen molar-refractivity contribution in [2.45, 2.75) is 59.3 Å². The van der Waals surface area contributed by atoms with Crippen molar-refractivity contribution in [1.82, 2.24) is 0 Å². The molecule has 0 unspecified atom stereocenters. The van der Waals surface area contributed by atoms with E-state index >= 15 is 0 Å². The van der Waals surface area contributed by atoms with Crippen molar-refractivity contribution >= 4 is 0 Å². The van der Waals surface area contributed by atoms with Crippen LogP contribution < -0.4 is 0 Å². The number of nitrogens with zero attached hydrogens (tertiary/aromatic N) is 3. The molecule has 1 aromatic carbocycles. The summed E-state index contributed by atoms with van der Waals surface area (Å²) in [5.41, 5.74) is 4.59. The largest absolute Gasteiger partial charge is 4.00 e. The Kier molecular flexibility index (Phi) is 28.0. The third-order valence-electron chi connectivity index (χ3n) is 2.89. The summed E-state index contributed by atoms with van der Waals surface area (Å²) >= 11 is 0. The maximum atomic E-state index is 3.50. The topological polar surface area (TPSA) is 42.3 Å². The Labute approximate surface area is 171 Å². The average Bonchev–Trinajstić information content (AvgIpc) is 2.87. The maximum absolute atomic E-state index is 3.50. The van der Waals surface area contributed by atoms with Gasteiger partial charge in [0, 0.05) is 0 Å². The minimum absolute atomic E-state index is 0. The fourth-order valence-corrected chi connectivity index (χ4v) is 1.90. The molecule has 0 spiro atoms. The molecule has 0 amide bonds. The van der Waals surface area contributed by atoms with E-state index in [4.69, 9.17) is 0 Å². The first kappa shape index (κ1) is 31.8. The Morgan fingerprint density at radius 1 is 0.708 bits per heavy atom. The Bertz CT molecular complexity index is 314. The van der Waals surface area contributed by atoms with E-state index in [0.717, 1.165) is 0 Å². The molecular formula is C20H41HfN3. The number of hydrogen-bond donors (Lipinski definition) is 0. The zero-order valence-corrected chi connectivity index (χ0v) is 21.8. The molecule has 1 aromatic rings. The Balaban J connectivity index is -0.000000169. The smallest absolute Gasteiger partial charge is 0.668 e. The molecule has 0 saturated heterocycles. The third-order valence-corrected chi connectivity index (χ3v) is 2.89. The second-order valence-corrected chi connectivity index (χ2v) is 6.51. The SMILES string of the molecule is CC(C)c1cc(C(C)C)[c-](C(C)C)c1.C[N-]C.C[N-]C.C[N-]C.[Hf+4]. The minimum atomic E-state index is 0. The van der Waals surface area contributed by atoms with Crippen LogP contribution in [-0.2, 0) is 25.8 Å². The van der Waals surface area contributed by atoms with Gasteiger partial charge in [0.1, 0.15) is 0 Å². The molecule has 0 fully saturated rings. The standard InChI is InChI=1S/C14H23.3C2H6N.Hf/c1-9(2)12-7-13(10(3)4)14(8-12)11(5)6;3*1-3-2;/h7-11H,1-6H3;3*1-2H3;/q4*-1;+4. The first-order chi connectivity index (χ1) is 10.7. The molecule has 0 aliphatic heterocycles. The average molecular weight is 502 g/mol. The predicted octanol–water partition coefficient (Wildman–Crippen LogP) is 6.63. The zero-order valence-electron chi connectivity index (χ0n) is 18.2. The van der Waals surface area contributed by atoms with Gasteiger partial charge < -0.3 is 16.0 Å². The second-order valence-electron chi connectivity index (χ2n) is 6.51. The molecule has 140 valence electrons. The summed E-state index contributed by atoms with van der Waals surface area (Å²) in [5.74, 6) is 1.96. The van der Waals surface area contributed by atoms with Gasteiger partial charge in [-0.15, -0.1) is 0 Å². The van der Waals surface area contributed by atoms with Gasteiger partial charge in [0.2, 0.25) is 0 Å². The zero-order chi connectivity index (χ0) is 19.0. The van der Waals surface area contributed by atoms with Gasteiger partial charge in [0.15, 0.2) is 0 Å². The van der Waals surface area contributed by atoms with Crippen LogP contribution in [0.1, 0.15) is 76.0 Å². The van der Waals surface area contributed by atoms with Gasteiger partial charge in [0.05, 0.1) is 0 Å². The summed E-state index contributed by atoms with van der Waals surface area (Å²) in [6.07, 6.45) is 0. The van der Waals surface area contributed by atoms with Crippen LogP contribution in [0.2, 0.25) is 0 Å². The van der Waals surface area contributed by atoms with E-state index in [9.17, 15) is 0 Å². The Morgan fingerprint density at radius 2 is 1.04 bits per heavy atom. The third kappa shape index (κ3) is 16.9. The molecule has 0 aliphatic rings. The summed E-state index contributed by atoms with van der Waals surface area (Å²) in [5, 5.41) is 10.5. The number of hydrogen-bond acceptors (Lipinski definition) is 0. The van der Waals surface area contributed by atoms with Crippen LogP contribution in [0.25, 0.3) is 16.0 Å². The summed E-state index contributed by atoms with van der Waals surface area (Å²) in [6, 6.07) is 4.79. The first-order valence-electron chi connectivity index (χ1n) is 8.42. The van der Waals surface area contributed by atoms with Gasteiger partial charge in [-0.3, -0.25) is 0 Å². The molecule has 24 heavy (non-hydrogen) atoms. The quantitative estimate of drug-likeness (QED) is 0.329. The Hall–Kier alpha value is 0.100. The minimum Gasteiger partial charge on any atom is -0.668 e. The fraction of sp³-hybridized carbons (Fsp3) is 0.750. The molecule has 0 aromatic heterocycles. The Morgan fingerprint density at radius 3 is 1.21 bits per heavy atom. The molecule has 0 radical (unpaired) electrons. The molecule has 0 atom stereocenters. The van der Waals surface area contributed by atoms with Gasteiger partial charge in [0.25, 0.3) is 0 Å². The van der Waals surface area contributed by atoms with Crippen LogP contribution in [0.5, 0.6) is 0 Å². The molecule has 0 aliphatic carbocycles. The van der Waals surface area contributed by atoms with Crippen LogP contribution in [0.15, 0.2) is 12.1 Å². The van der Waals surface area contributed by atoms with Crippen molar-refractivity contribution in [3.63, 3.8) is 0 Å². The monoisotopic (exact) mass is 503 g/mol. The number of rotatable bonds is 3. The van der Waals surface area contributed by atoms with Gasteiger partial charge in [-0.05, 0) is 5.92 Å². The van der Waals surface area contributed by atoms with Crippen molar-refractivity contribution in [2.24, 2.45) is 0 Å². The van der Waals surface area contributed by atoms with Crippen molar-refractivity contribution in [2.75, 3.05) is 42.3 Å². The molecule has 1 rings (SSSR count). The van der Waals surface area contributed by atoms with E-state index in [-0.39, 0.29) is 25.8 Å². The van der Waals surface area contributed by atoms with Crippen molar-refractivity contribution in [3.05, 3.63) is 44.8 Å². The summed E-state index contributed by atoms with van der Waals surface area (Å²) in [6.45, 7) is 13.7. The van der Waals surface area contributed by atoms with Crippen molar-refractivity contribution < 1.29 is 25.8 Å². The molecule has 0 heterocycles. The van der Waals surface area contributed by atoms with E-state index in [1.165, 1.54) is 5.56 Å². The molecule has 0 saturated carbocycles. The van der Waals surface area contributed by atoms with Crippen LogP contribution in [0, 0.1) is 0 Å². The van der Waals surface area contributed by atoms with Gasteiger partial charge in [-0.1, -0.05) is 53.4 Å². The normalized spacial score (nSPS) is 9.29. The fourth-order valence-electron chi connectivity index (χ4n) is 1.90. The van der Waals surface area contributed by atoms with E-state index in [1.807, 2.05) is 0 Å². The van der Waals surface area contributed by atoms with Crippen molar-refractivity contribution in [1.29, 1.82) is 0 Å². The first-order valence-corrected chi connectivity index (χ1v) is 8.42. The van der Waals surface area contributed by atoms with Crippen LogP contribution in [0.4, 0.5) is 0 Å². The molecule has 0 bridgehead atoms. The predicted molar refractivity (Wildman–Crippen MR) is 110 cm³/mol. The van der Waals surface area contributed by atoms with E-state index in [0.29, 0.717) is 17.8 Å². The maximum Gasteiger partial charge on any atom is 4.00 e. The summed E-state index contributed by atoms with van der Waals surface area (Å²) in [7, 11) is 10.5. The molecule has 0 N–H and O–H groups in total. The molecule has 4 heteroatoms. The molecular weight excluding hydrogens is 461 g/mol. The van der Waals surface area contributed by atoms with E-state index in [2.05, 4.69) is 69.6 Å². The van der Waals surface area contributed by atoms with Crippen LogP contribution in [0.3, 0.4) is 0 Å². The van der Waals surface area contributed by atoms with Crippen LogP contribution >= 0.6 is 0 Å². The van der Waals surface area contributed by atoms with E-state index < -0.39 is 0 Å². The summed E-state index contributed by atoms with van der Waals surface area (Å²) in [4.78, 5) is 0. The van der Waals surface area contributed by atoms with Gasteiger partial charge in [-0.25, -0.2) is 6.07 Å². The molecule has 3 nitrogen and oxygen atoms in total.